The summed E-state index contributed by atoms with van der Waals surface area (Å²) in [5.74, 6) is 0.712. The average Bonchev–Trinajstić information content (AvgIpc) is 2.67. The highest BCUT2D eigenvalue weighted by atomic mass is 19.1. The third-order valence-electron chi connectivity index (χ3n) is 2.34. The molecule has 0 aliphatic heterocycles. The van der Waals surface area contributed by atoms with Gasteiger partial charge in [-0.2, -0.15) is 0 Å². The van der Waals surface area contributed by atoms with Crippen molar-refractivity contribution in [2.75, 3.05) is 7.11 Å². The lowest BCUT2D eigenvalue weighted by molar-refractivity contribution is 0.388. The van der Waals surface area contributed by atoms with E-state index in [-0.39, 0.29) is 11.3 Å². The van der Waals surface area contributed by atoms with Crippen molar-refractivity contribution in [1.82, 2.24) is 14.8 Å². The molecule has 2 aromatic heterocycles. The Morgan fingerprint density at radius 3 is 2.82 bits per heavy atom. The van der Waals surface area contributed by atoms with Crippen LogP contribution in [0.4, 0.5) is 4.39 Å². The van der Waals surface area contributed by atoms with E-state index >= 15 is 0 Å². The van der Waals surface area contributed by atoms with Crippen LogP contribution < -0.4 is 10.3 Å². The molecule has 0 aliphatic carbocycles. The standard InChI is InChI=1S/C11H12FN3O2/c1-7-5-11(16)15(14-7)10-4-3-9(17-2)8(6-12)13-10/h3-5,14H,6H2,1-2H3. The molecule has 0 saturated carbocycles. The molecule has 0 amide bonds. The van der Waals surface area contributed by atoms with E-state index in [4.69, 9.17) is 4.74 Å². The van der Waals surface area contributed by atoms with Crippen LogP contribution in [0, 0.1) is 6.92 Å². The van der Waals surface area contributed by atoms with Crippen molar-refractivity contribution < 1.29 is 9.13 Å². The van der Waals surface area contributed by atoms with Crippen LogP contribution in [0.2, 0.25) is 0 Å². The monoisotopic (exact) mass is 237 g/mol. The number of aryl methyl sites for hydroxylation is 1. The quantitative estimate of drug-likeness (QED) is 0.876. The number of aromatic nitrogens is 3. The highest BCUT2D eigenvalue weighted by molar-refractivity contribution is 5.34. The van der Waals surface area contributed by atoms with Crippen LogP contribution in [0.15, 0.2) is 23.0 Å². The summed E-state index contributed by atoms with van der Waals surface area (Å²) in [5, 5.41) is 2.83. The van der Waals surface area contributed by atoms with Gasteiger partial charge < -0.3 is 4.74 Å². The van der Waals surface area contributed by atoms with Crippen molar-refractivity contribution in [1.29, 1.82) is 0 Å². The van der Waals surface area contributed by atoms with E-state index in [1.54, 1.807) is 19.1 Å². The Bertz CT molecular complexity index is 589. The molecule has 0 saturated heterocycles. The number of pyridine rings is 1. The first-order valence-electron chi connectivity index (χ1n) is 5.04. The molecule has 0 bridgehead atoms. The number of rotatable bonds is 3. The Morgan fingerprint density at radius 1 is 1.53 bits per heavy atom. The molecule has 0 aromatic carbocycles. The van der Waals surface area contributed by atoms with E-state index in [0.717, 1.165) is 5.69 Å². The summed E-state index contributed by atoms with van der Waals surface area (Å²) >= 11 is 0. The van der Waals surface area contributed by atoms with Gasteiger partial charge in [0.05, 0.1) is 7.11 Å². The summed E-state index contributed by atoms with van der Waals surface area (Å²) in [6.07, 6.45) is 0. The first kappa shape index (κ1) is 11.4. The van der Waals surface area contributed by atoms with Crippen molar-refractivity contribution in [3.05, 3.63) is 39.9 Å². The molecule has 90 valence electrons. The molecule has 1 N–H and O–H groups in total. The second kappa shape index (κ2) is 4.40. The first-order chi connectivity index (χ1) is 8.15. The van der Waals surface area contributed by atoms with E-state index in [0.29, 0.717) is 11.6 Å². The number of nitrogens with zero attached hydrogens (tertiary/aromatic N) is 2. The minimum Gasteiger partial charge on any atom is -0.495 e. The van der Waals surface area contributed by atoms with Crippen LogP contribution >= 0.6 is 0 Å². The minimum atomic E-state index is -0.745. The molecule has 2 rings (SSSR count). The Kier molecular flexibility index (Phi) is 2.95. The summed E-state index contributed by atoms with van der Waals surface area (Å²) in [5.41, 5.74) is 0.656. The topological polar surface area (TPSA) is 59.9 Å². The summed E-state index contributed by atoms with van der Waals surface area (Å²) in [7, 11) is 1.45. The lowest BCUT2D eigenvalue weighted by Crippen LogP contribution is -2.15. The number of alkyl halides is 1. The third kappa shape index (κ3) is 2.06. The molecule has 2 aromatic rings. The van der Waals surface area contributed by atoms with Crippen LogP contribution in [-0.2, 0) is 6.67 Å². The fourth-order valence-corrected chi connectivity index (χ4v) is 1.57. The van der Waals surface area contributed by atoms with Crippen LogP contribution in [0.25, 0.3) is 5.82 Å². The molecule has 0 spiro atoms. The lowest BCUT2D eigenvalue weighted by atomic mass is 10.3. The summed E-state index contributed by atoms with van der Waals surface area (Å²) in [6.45, 7) is 1.02. The zero-order valence-electron chi connectivity index (χ0n) is 9.53. The van der Waals surface area contributed by atoms with Crippen LogP contribution in [-0.4, -0.2) is 21.9 Å². The number of hydrogen-bond donors (Lipinski definition) is 1. The maximum atomic E-state index is 12.7. The van der Waals surface area contributed by atoms with Gasteiger partial charge in [0.15, 0.2) is 5.82 Å². The molecular weight excluding hydrogens is 225 g/mol. The summed E-state index contributed by atoms with van der Waals surface area (Å²) < 4.78 is 19.0. The van der Waals surface area contributed by atoms with Gasteiger partial charge in [-0.3, -0.25) is 9.89 Å². The Balaban J connectivity index is 2.54. The van der Waals surface area contributed by atoms with Crippen molar-refractivity contribution in [3.8, 4) is 11.6 Å². The van der Waals surface area contributed by atoms with Gasteiger partial charge in [0.25, 0.3) is 5.56 Å². The number of hydrogen-bond acceptors (Lipinski definition) is 3. The van der Waals surface area contributed by atoms with Gasteiger partial charge in [-0.05, 0) is 19.1 Å². The highest BCUT2D eigenvalue weighted by Gasteiger charge is 2.09. The smallest absolute Gasteiger partial charge is 0.272 e. The Morgan fingerprint density at radius 2 is 2.29 bits per heavy atom. The van der Waals surface area contributed by atoms with E-state index < -0.39 is 6.67 Å². The predicted molar refractivity (Wildman–Crippen MR) is 60.3 cm³/mol. The fraction of sp³-hybridized carbons (Fsp3) is 0.273. The van der Waals surface area contributed by atoms with Gasteiger partial charge in [0.1, 0.15) is 18.1 Å². The molecule has 0 aliphatic rings. The van der Waals surface area contributed by atoms with Gasteiger partial charge >= 0.3 is 0 Å². The van der Waals surface area contributed by atoms with Gasteiger partial charge in [-0.25, -0.2) is 14.1 Å². The van der Waals surface area contributed by atoms with Gasteiger partial charge in [0, 0.05) is 11.8 Å². The van der Waals surface area contributed by atoms with Crippen molar-refractivity contribution in [2.45, 2.75) is 13.6 Å². The van der Waals surface area contributed by atoms with Crippen molar-refractivity contribution in [3.63, 3.8) is 0 Å². The number of H-pyrrole nitrogens is 1. The Hall–Kier alpha value is -2.11. The average molecular weight is 237 g/mol. The van der Waals surface area contributed by atoms with E-state index in [2.05, 4.69) is 10.1 Å². The van der Waals surface area contributed by atoms with Crippen molar-refractivity contribution >= 4 is 0 Å². The zero-order chi connectivity index (χ0) is 12.4. The largest absolute Gasteiger partial charge is 0.495 e. The predicted octanol–water partition coefficient (Wildman–Crippen LogP) is 1.35. The molecule has 0 fully saturated rings. The zero-order valence-corrected chi connectivity index (χ0v) is 9.53. The fourth-order valence-electron chi connectivity index (χ4n) is 1.57. The molecule has 5 nitrogen and oxygen atoms in total. The van der Waals surface area contributed by atoms with Crippen LogP contribution in [0.3, 0.4) is 0 Å². The third-order valence-corrected chi connectivity index (χ3v) is 2.34. The van der Waals surface area contributed by atoms with E-state index in [1.165, 1.54) is 17.9 Å². The van der Waals surface area contributed by atoms with Crippen molar-refractivity contribution in [2.24, 2.45) is 0 Å². The number of ether oxygens (including phenoxy) is 1. The molecule has 0 unspecified atom stereocenters. The molecule has 2 heterocycles. The molecule has 0 radical (unpaired) electrons. The summed E-state index contributed by atoms with van der Waals surface area (Å²) in [6, 6.07) is 4.62. The normalized spacial score (nSPS) is 10.5. The SMILES string of the molecule is COc1ccc(-n2[nH]c(C)cc2=O)nc1CF. The number of nitrogens with one attached hydrogen (secondary N) is 1. The second-order valence-corrected chi connectivity index (χ2v) is 3.56. The minimum absolute atomic E-state index is 0.171. The maximum Gasteiger partial charge on any atom is 0.272 e. The van der Waals surface area contributed by atoms with Gasteiger partial charge in [0.2, 0.25) is 0 Å². The van der Waals surface area contributed by atoms with Gasteiger partial charge in [-0.1, -0.05) is 0 Å². The Labute approximate surface area is 96.9 Å². The first-order valence-corrected chi connectivity index (χ1v) is 5.04. The summed E-state index contributed by atoms with van der Waals surface area (Å²) in [4.78, 5) is 15.6. The molecular formula is C11H12FN3O2. The maximum absolute atomic E-state index is 12.7. The molecule has 17 heavy (non-hydrogen) atoms. The number of aromatic amines is 1. The van der Waals surface area contributed by atoms with Crippen LogP contribution in [0.1, 0.15) is 11.4 Å². The van der Waals surface area contributed by atoms with Gasteiger partial charge in [-0.15, -0.1) is 0 Å². The lowest BCUT2D eigenvalue weighted by Gasteiger charge is -2.07. The molecule has 0 atom stereocenters. The van der Waals surface area contributed by atoms with E-state index in [9.17, 15) is 9.18 Å². The number of methoxy groups -OCH3 is 1. The molecule has 6 heteroatoms. The van der Waals surface area contributed by atoms with Crippen LogP contribution in [0.5, 0.6) is 5.75 Å². The van der Waals surface area contributed by atoms with E-state index in [1.807, 2.05) is 0 Å². The second-order valence-electron chi connectivity index (χ2n) is 3.56. The highest BCUT2D eigenvalue weighted by Crippen LogP contribution is 2.18. The number of halogens is 1.